The van der Waals surface area contributed by atoms with Crippen molar-refractivity contribution < 1.29 is 14.7 Å². The standard InChI is InChI=1S/C21H23N3O4S/c1-3-4-10-15(21(27)28)23-18(25)17-13(2)16-19(29-17)22-12-24(20(16)26)11-14-8-6-5-7-9-14/h5-9,12,15H,3-4,10-11H2,1-2H3,(H,23,25)(H,27,28). The second kappa shape index (κ2) is 9.00. The van der Waals surface area contributed by atoms with Crippen LogP contribution in [0.4, 0.5) is 0 Å². The molecular weight excluding hydrogens is 390 g/mol. The molecule has 8 heteroatoms. The van der Waals surface area contributed by atoms with E-state index in [1.807, 2.05) is 37.3 Å². The molecule has 0 saturated carbocycles. The van der Waals surface area contributed by atoms with Gasteiger partial charge in [-0.25, -0.2) is 9.78 Å². The molecule has 0 aliphatic rings. The quantitative estimate of drug-likeness (QED) is 0.591. The van der Waals surface area contributed by atoms with Gasteiger partial charge in [0.15, 0.2) is 0 Å². The number of carbonyl (C=O) groups excluding carboxylic acids is 1. The first-order valence-electron chi connectivity index (χ1n) is 9.48. The van der Waals surface area contributed by atoms with E-state index in [1.165, 1.54) is 10.9 Å². The number of fused-ring (bicyclic) bond motifs is 1. The number of aryl methyl sites for hydroxylation is 1. The maximum Gasteiger partial charge on any atom is 0.326 e. The van der Waals surface area contributed by atoms with Crippen LogP contribution in [0.3, 0.4) is 0 Å². The Labute approximate surface area is 172 Å². The minimum absolute atomic E-state index is 0.215. The number of nitrogens with one attached hydrogen (secondary N) is 1. The van der Waals surface area contributed by atoms with Crippen molar-refractivity contribution in [1.29, 1.82) is 0 Å². The molecule has 1 unspecified atom stereocenters. The zero-order valence-corrected chi connectivity index (χ0v) is 17.2. The van der Waals surface area contributed by atoms with E-state index < -0.39 is 17.9 Å². The highest BCUT2D eigenvalue weighted by molar-refractivity contribution is 7.20. The van der Waals surface area contributed by atoms with Crippen LogP contribution in [0.25, 0.3) is 10.2 Å². The second-order valence-electron chi connectivity index (χ2n) is 6.91. The lowest BCUT2D eigenvalue weighted by molar-refractivity contribution is -0.139. The Morgan fingerprint density at radius 3 is 2.66 bits per heavy atom. The fourth-order valence-corrected chi connectivity index (χ4v) is 4.20. The lowest BCUT2D eigenvalue weighted by atomic mass is 10.1. The predicted octanol–water partition coefficient (Wildman–Crippen LogP) is 3.19. The first-order valence-corrected chi connectivity index (χ1v) is 10.3. The zero-order valence-electron chi connectivity index (χ0n) is 16.3. The molecule has 0 saturated heterocycles. The second-order valence-corrected chi connectivity index (χ2v) is 7.91. The van der Waals surface area contributed by atoms with Crippen molar-refractivity contribution in [3.63, 3.8) is 0 Å². The fourth-order valence-electron chi connectivity index (χ4n) is 3.16. The fraction of sp³-hybridized carbons (Fsp3) is 0.333. The van der Waals surface area contributed by atoms with E-state index in [2.05, 4.69) is 10.3 Å². The largest absolute Gasteiger partial charge is 0.480 e. The molecule has 152 valence electrons. The van der Waals surface area contributed by atoms with E-state index in [0.29, 0.717) is 40.0 Å². The summed E-state index contributed by atoms with van der Waals surface area (Å²) in [4.78, 5) is 42.2. The molecule has 1 atom stereocenters. The van der Waals surface area contributed by atoms with Gasteiger partial charge in [-0.15, -0.1) is 11.3 Å². The van der Waals surface area contributed by atoms with Gasteiger partial charge < -0.3 is 10.4 Å². The van der Waals surface area contributed by atoms with E-state index in [9.17, 15) is 19.5 Å². The summed E-state index contributed by atoms with van der Waals surface area (Å²) in [5, 5.41) is 12.3. The third-order valence-electron chi connectivity index (χ3n) is 4.77. The molecule has 3 aromatic rings. The smallest absolute Gasteiger partial charge is 0.326 e. The number of aliphatic carboxylic acids is 1. The number of unbranched alkanes of at least 4 members (excludes halogenated alkanes) is 1. The molecule has 7 nitrogen and oxygen atoms in total. The van der Waals surface area contributed by atoms with Gasteiger partial charge in [0.25, 0.3) is 11.5 Å². The van der Waals surface area contributed by atoms with Crippen molar-refractivity contribution in [2.24, 2.45) is 0 Å². The van der Waals surface area contributed by atoms with E-state index in [1.54, 1.807) is 6.92 Å². The highest BCUT2D eigenvalue weighted by Crippen LogP contribution is 2.27. The number of rotatable bonds is 8. The van der Waals surface area contributed by atoms with Crippen molar-refractivity contribution in [2.45, 2.75) is 45.7 Å². The summed E-state index contributed by atoms with van der Waals surface area (Å²) in [7, 11) is 0. The van der Waals surface area contributed by atoms with Gasteiger partial charge in [0.1, 0.15) is 10.9 Å². The maximum absolute atomic E-state index is 13.0. The number of aromatic nitrogens is 2. The number of thiophene rings is 1. The summed E-state index contributed by atoms with van der Waals surface area (Å²) in [6.07, 6.45) is 3.39. The van der Waals surface area contributed by atoms with Crippen LogP contribution < -0.4 is 10.9 Å². The van der Waals surface area contributed by atoms with Crippen LogP contribution >= 0.6 is 11.3 Å². The molecule has 0 aliphatic carbocycles. The lowest BCUT2D eigenvalue weighted by Crippen LogP contribution is -2.40. The third-order valence-corrected chi connectivity index (χ3v) is 5.97. The van der Waals surface area contributed by atoms with E-state index in [0.717, 1.165) is 23.3 Å². The topological polar surface area (TPSA) is 101 Å². The van der Waals surface area contributed by atoms with Crippen LogP contribution in [-0.4, -0.2) is 32.6 Å². The van der Waals surface area contributed by atoms with Crippen LogP contribution in [-0.2, 0) is 11.3 Å². The van der Waals surface area contributed by atoms with Gasteiger partial charge in [0, 0.05) is 0 Å². The number of amides is 1. The zero-order chi connectivity index (χ0) is 21.0. The summed E-state index contributed by atoms with van der Waals surface area (Å²) in [6.45, 7) is 4.05. The van der Waals surface area contributed by atoms with E-state index in [4.69, 9.17) is 0 Å². The SMILES string of the molecule is CCCCC(NC(=O)c1sc2ncn(Cc3ccccc3)c(=O)c2c1C)C(=O)O. The maximum atomic E-state index is 13.0. The van der Waals surface area contributed by atoms with E-state index >= 15 is 0 Å². The number of hydrogen-bond acceptors (Lipinski definition) is 5. The van der Waals surface area contributed by atoms with Crippen LogP contribution in [0.1, 0.15) is 47.0 Å². The molecule has 0 fully saturated rings. The average Bonchev–Trinajstić information content (AvgIpc) is 3.05. The van der Waals surface area contributed by atoms with Crippen LogP contribution in [0.15, 0.2) is 41.5 Å². The molecule has 1 amide bonds. The summed E-state index contributed by atoms with van der Waals surface area (Å²) < 4.78 is 1.51. The number of hydrogen-bond donors (Lipinski definition) is 2. The highest BCUT2D eigenvalue weighted by atomic mass is 32.1. The number of carboxylic acids is 1. The van der Waals surface area contributed by atoms with Gasteiger partial charge in [-0.2, -0.15) is 0 Å². The Morgan fingerprint density at radius 1 is 1.28 bits per heavy atom. The Balaban J connectivity index is 1.91. The van der Waals surface area contributed by atoms with E-state index in [-0.39, 0.29) is 5.56 Å². The molecule has 0 spiro atoms. The lowest BCUT2D eigenvalue weighted by Gasteiger charge is -2.13. The van der Waals surface area contributed by atoms with Crippen molar-refractivity contribution in [3.8, 4) is 0 Å². The molecule has 1 aromatic carbocycles. The summed E-state index contributed by atoms with van der Waals surface area (Å²) in [6, 6.07) is 8.63. The van der Waals surface area contributed by atoms with Gasteiger partial charge >= 0.3 is 5.97 Å². The first-order chi connectivity index (χ1) is 13.9. The molecule has 29 heavy (non-hydrogen) atoms. The highest BCUT2D eigenvalue weighted by Gasteiger charge is 2.24. The normalized spacial score (nSPS) is 12.1. The van der Waals surface area contributed by atoms with Crippen LogP contribution in [0.2, 0.25) is 0 Å². The molecule has 2 heterocycles. The summed E-state index contributed by atoms with van der Waals surface area (Å²) in [5.41, 5.74) is 1.29. The number of carbonyl (C=O) groups is 2. The molecule has 0 radical (unpaired) electrons. The molecule has 0 aliphatic heterocycles. The van der Waals surface area contributed by atoms with Crippen molar-refractivity contribution in [3.05, 3.63) is 63.0 Å². The van der Waals surface area contributed by atoms with Gasteiger partial charge in [0.2, 0.25) is 0 Å². The van der Waals surface area contributed by atoms with Crippen LogP contribution in [0.5, 0.6) is 0 Å². The van der Waals surface area contributed by atoms with Crippen molar-refractivity contribution in [2.75, 3.05) is 0 Å². The number of nitrogens with zero attached hydrogens (tertiary/aromatic N) is 2. The molecule has 3 rings (SSSR count). The Morgan fingerprint density at radius 2 is 2.00 bits per heavy atom. The van der Waals surface area contributed by atoms with Crippen molar-refractivity contribution in [1.82, 2.24) is 14.9 Å². The molecule has 2 N–H and O–H groups in total. The predicted molar refractivity (Wildman–Crippen MR) is 113 cm³/mol. The van der Waals surface area contributed by atoms with Gasteiger partial charge in [-0.1, -0.05) is 50.1 Å². The molecule has 0 bridgehead atoms. The average molecular weight is 413 g/mol. The Bertz CT molecular complexity index is 1090. The minimum atomic E-state index is -1.06. The first kappa shape index (κ1) is 20.7. The Hall–Kier alpha value is -3.00. The van der Waals surface area contributed by atoms with Crippen LogP contribution in [0, 0.1) is 6.92 Å². The summed E-state index contributed by atoms with van der Waals surface area (Å²) in [5.74, 6) is -1.54. The number of benzene rings is 1. The number of carboxylic acid groups (broad SMARTS) is 1. The van der Waals surface area contributed by atoms with Crippen molar-refractivity contribution >= 4 is 33.4 Å². The third kappa shape index (κ3) is 4.54. The van der Waals surface area contributed by atoms with Gasteiger partial charge in [0.05, 0.1) is 23.1 Å². The van der Waals surface area contributed by atoms with Gasteiger partial charge in [-0.05, 0) is 24.5 Å². The monoisotopic (exact) mass is 413 g/mol. The van der Waals surface area contributed by atoms with Gasteiger partial charge in [-0.3, -0.25) is 14.2 Å². The minimum Gasteiger partial charge on any atom is -0.480 e. The molecule has 2 aromatic heterocycles. The molecular formula is C21H23N3O4S. The Kier molecular flexibility index (Phi) is 6.43. The summed E-state index contributed by atoms with van der Waals surface area (Å²) >= 11 is 1.11.